The van der Waals surface area contributed by atoms with Gasteiger partial charge in [-0.3, -0.25) is 24.3 Å². The molecule has 30 heavy (non-hydrogen) atoms. The quantitative estimate of drug-likeness (QED) is 0.377. The number of carbonyl (C=O) groups excluding carboxylic acids is 1. The second kappa shape index (κ2) is 8.25. The van der Waals surface area contributed by atoms with Gasteiger partial charge in [-0.1, -0.05) is 11.6 Å². The number of halogens is 4. The zero-order chi connectivity index (χ0) is 22.2. The van der Waals surface area contributed by atoms with E-state index in [2.05, 4.69) is 15.5 Å². The van der Waals surface area contributed by atoms with Gasteiger partial charge in [-0.25, -0.2) is 0 Å². The van der Waals surface area contributed by atoms with E-state index in [1.54, 1.807) is 6.92 Å². The van der Waals surface area contributed by atoms with Gasteiger partial charge in [0.1, 0.15) is 17.9 Å². The van der Waals surface area contributed by atoms with Crippen molar-refractivity contribution < 1.29 is 22.9 Å². The Morgan fingerprint density at radius 1 is 1.43 bits per heavy atom. The van der Waals surface area contributed by atoms with Crippen molar-refractivity contribution in [1.29, 1.82) is 0 Å². The average molecular weight is 449 g/mol. The van der Waals surface area contributed by atoms with Crippen LogP contribution in [0, 0.1) is 17.0 Å². The van der Waals surface area contributed by atoms with E-state index in [1.807, 2.05) is 0 Å². The van der Waals surface area contributed by atoms with Crippen LogP contribution in [0.2, 0.25) is 5.02 Å². The van der Waals surface area contributed by atoms with Crippen LogP contribution in [0.4, 0.5) is 18.9 Å². The Kier molecular flexibility index (Phi) is 6.06. The molecule has 3 rings (SSSR count). The van der Waals surface area contributed by atoms with Gasteiger partial charge in [0.05, 0.1) is 15.6 Å². The predicted octanol–water partition coefficient (Wildman–Crippen LogP) is 3.61. The third kappa shape index (κ3) is 4.58. The van der Waals surface area contributed by atoms with Crippen molar-refractivity contribution in [3.8, 4) is 0 Å². The Morgan fingerprint density at radius 3 is 2.63 bits per heavy atom. The molecule has 1 fully saturated rings. The van der Waals surface area contributed by atoms with E-state index in [4.69, 9.17) is 11.6 Å². The largest absolute Gasteiger partial charge is 0.436 e. The number of carbonyl (C=O) groups is 1. The molecule has 1 aliphatic rings. The smallest absolute Gasteiger partial charge is 0.354 e. The summed E-state index contributed by atoms with van der Waals surface area (Å²) in [6.45, 7) is 3.37. The first-order valence-electron chi connectivity index (χ1n) is 9.32. The maximum atomic E-state index is 13.1. The Balaban J connectivity index is 1.58. The monoisotopic (exact) mass is 448 g/mol. The van der Waals surface area contributed by atoms with Crippen LogP contribution in [-0.4, -0.2) is 36.9 Å². The molecule has 2 aromatic rings. The van der Waals surface area contributed by atoms with E-state index in [-0.39, 0.29) is 35.4 Å². The van der Waals surface area contributed by atoms with E-state index in [9.17, 15) is 28.1 Å². The van der Waals surface area contributed by atoms with Gasteiger partial charge in [0.15, 0.2) is 5.69 Å². The Bertz CT molecular complexity index is 967. The summed E-state index contributed by atoms with van der Waals surface area (Å²) in [6.07, 6.45) is -1.56. The number of amides is 1. The van der Waals surface area contributed by atoms with E-state index >= 15 is 0 Å². The van der Waals surface area contributed by atoms with E-state index in [1.165, 1.54) is 22.5 Å². The lowest BCUT2D eigenvalue weighted by Gasteiger charge is -2.13. The van der Waals surface area contributed by atoms with Crippen molar-refractivity contribution in [2.24, 2.45) is 0 Å². The maximum Gasteiger partial charge on any atom is 0.436 e. The van der Waals surface area contributed by atoms with Crippen LogP contribution in [0.1, 0.15) is 55.2 Å². The SMILES string of the molecule is Cc1nn(C(C)C(=O)NCCCn2nc(C(F)(F)F)c(Cl)c2C2CC2)cc1[N+](=O)[O-]. The number of hydrogen-bond donors (Lipinski definition) is 1. The summed E-state index contributed by atoms with van der Waals surface area (Å²) in [5.41, 5.74) is -0.677. The van der Waals surface area contributed by atoms with Crippen molar-refractivity contribution in [3.63, 3.8) is 0 Å². The van der Waals surface area contributed by atoms with Crippen LogP contribution < -0.4 is 5.32 Å². The molecule has 164 valence electrons. The molecule has 13 heteroatoms. The molecule has 2 aromatic heterocycles. The molecule has 1 atom stereocenters. The van der Waals surface area contributed by atoms with Gasteiger partial charge >= 0.3 is 11.9 Å². The lowest BCUT2D eigenvalue weighted by atomic mass is 10.2. The number of hydrogen-bond acceptors (Lipinski definition) is 5. The van der Waals surface area contributed by atoms with Crippen LogP contribution >= 0.6 is 11.6 Å². The first-order valence-corrected chi connectivity index (χ1v) is 9.69. The Hall–Kier alpha value is -2.63. The molecule has 0 aliphatic heterocycles. The van der Waals surface area contributed by atoms with Gasteiger partial charge in [0, 0.05) is 19.0 Å². The van der Waals surface area contributed by atoms with Gasteiger partial charge in [-0.2, -0.15) is 23.4 Å². The number of nitro groups is 1. The molecule has 1 saturated carbocycles. The molecule has 1 unspecified atom stereocenters. The number of nitrogens with one attached hydrogen (secondary N) is 1. The van der Waals surface area contributed by atoms with Crippen molar-refractivity contribution >= 4 is 23.2 Å². The number of rotatable bonds is 8. The van der Waals surface area contributed by atoms with Crippen LogP contribution in [-0.2, 0) is 17.5 Å². The highest BCUT2D eigenvalue weighted by Gasteiger charge is 2.41. The molecule has 0 spiro atoms. The summed E-state index contributed by atoms with van der Waals surface area (Å²) < 4.78 is 41.7. The summed E-state index contributed by atoms with van der Waals surface area (Å²) in [5.74, 6) is -0.432. The standard InChI is InChI=1S/C17H20ClF3N6O3/c1-9-12(27(29)30)8-26(23-9)10(2)16(28)22-6-3-7-25-14(11-4-5-11)13(18)15(24-25)17(19,20)21/h8,10-11H,3-7H2,1-2H3,(H,22,28). The Labute approximate surface area is 174 Å². The molecule has 0 radical (unpaired) electrons. The fourth-order valence-electron chi connectivity index (χ4n) is 3.11. The molecule has 9 nitrogen and oxygen atoms in total. The summed E-state index contributed by atoms with van der Waals surface area (Å²) in [6, 6.07) is -0.782. The molecular weight excluding hydrogens is 429 g/mol. The van der Waals surface area contributed by atoms with Crippen LogP contribution in [0.15, 0.2) is 6.20 Å². The van der Waals surface area contributed by atoms with Crippen molar-refractivity contribution in [2.45, 2.75) is 57.8 Å². The maximum absolute atomic E-state index is 13.1. The normalized spacial score (nSPS) is 15.3. The van der Waals surface area contributed by atoms with Gasteiger partial charge in [-0.15, -0.1) is 0 Å². The molecular formula is C17H20ClF3N6O3. The molecule has 1 aliphatic carbocycles. The number of nitrogens with zero attached hydrogens (tertiary/aromatic N) is 5. The molecule has 2 heterocycles. The summed E-state index contributed by atoms with van der Waals surface area (Å²) in [7, 11) is 0. The minimum absolute atomic E-state index is 0.0189. The minimum atomic E-state index is -4.62. The van der Waals surface area contributed by atoms with Crippen LogP contribution in [0.3, 0.4) is 0 Å². The number of aryl methyl sites for hydroxylation is 2. The summed E-state index contributed by atoms with van der Waals surface area (Å²) in [4.78, 5) is 22.6. The van der Waals surface area contributed by atoms with Gasteiger partial charge in [-0.05, 0) is 33.1 Å². The molecule has 0 bridgehead atoms. The zero-order valence-electron chi connectivity index (χ0n) is 16.2. The van der Waals surface area contributed by atoms with Gasteiger partial charge < -0.3 is 5.32 Å². The Morgan fingerprint density at radius 2 is 2.10 bits per heavy atom. The van der Waals surface area contributed by atoms with Crippen LogP contribution in [0.5, 0.6) is 0 Å². The fourth-order valence-corrected chi connectivity index (χ4v) is 3.51. The van der Waals surface area contributed by atoms with E-state index < -0.39 is 28.7 Å². The number of alkyl halides is 3. The predicted molar refractivity (Wildman–Crippen MR) is 100 cm³/mol. The number of aromatic nitrogens is 4. The first-order chi connectivity index (χ1) is 14.0. The highest BCUT2D eigenvalue weighted by molar-refractivity contribution is 6.32. The summed E-state index contributed by atoms with van der Waals surface area (Å²) >= 11 is 5.93. The van der Waals surface area contributed by atoms with E-state index in [0.29, 0.717) is 12.1 Å². The molecule has 1 N–H and O–H groups in total. The second-order valence-corrected chi connectivity index (χ2v) is 7.58. The third-order valence-corrected chi connectivity index (χ3v) is 5.25. The highest BCUT2D eigenvalue weighted by atomic mass is 35.5. The van der Waals surface area contributed by atoms with E-state index in [0.717, 1.165) is 12.8 Å². The fraction of sp³-hybridized carbons (Fsp3) is 0.588. The first kappa shape index (κ1) is 22.1. The van der Waals surface area contributed by atoms with Gasteiger partial charge in [0.2, 0.25) is 5.91 Å². The van der Waals surface area contributed by atoms with Crippen molar-refractivity contribution in [3.05, 3.63) is 38.4 Å². The summed E-state index contributed by atoms with van der Waals surface area (Å²) in [5, 5.41) is 20.8. The minimum Gasteiger partial charge on any atom is -0.354 e. The molecule has 0 aromatic carbocycles. The lowest BCUT2D eigenvalue weighted by molar-refractivity contribution is -0.385. The van der Waals surface area contributed by atoms with Crippen LogP contribution in [0.25, 0.3) is 0 Å². The topological polar surface area (TPSA) is 108 Å². The second-order valence-electron chi connectivity index (χ2n) is 7.20. The highest BCUT2D eigenvalue weighted by Crippen LogP contribution is 2.46. The lowest BCUT2D eigenvalue weighted by Crippen LogP contribution is -2.32. The molecule has 1 amide bonds. The average Bonchev–Trinajstić information content (AvgIpc) is 3.31. The van der Waals surface area contributed by atoms with Gasteiger partial charge in [0.25, 0.3) is 0 Å². The molecule has 0 saturated heterocycles. The third-order valence-electron chi connectivity index (χ3n) is 4.87. The zero-order valence-corrected chi connectivity index (χ0v) is 17.0. The van der Waals surface area contributed by atoms with Crippen molar-refractivity contribution in [2.75, 3.05) is 6.54 Å². The van der Waals surface area contributed by atoms with Crippen molar-refractivity contribution in [1.82, 2.24) is 24.9 Å².